The molecular weight excluding hydrogens is 1190 g/mol. The Balaban J connectivity index is 0.000000553. The van der Waals surface area contributed by atoms with Gasteiger partial charge in [0, 0.05) is 125 Å². The maximum absolute atomic E-state index is 13.4. The van der Waals surface area contributed by atoms with Crippen LogP contribution in [-0.2, 0) is 66.6 Å². The number of carbonyl (C=O) groups excluding carboxylic acids is 6. The molecule has 0 saturated carbocycles. The van der Waals surface area contributed by atoms with Crippen LogP contribution < -0.4 is 11.1 Å². The summed E-state index contributed by atoms with van der Waals surface area (Å²) in [5, 5.41) is 41.5. The minimum absolute atomic E-state index is 0. The molecule has 0 fully saturated rings. The summed E-state index contributed by atoms with van der Waals surface area (Å²) in [5.74, 6) is -4.32. The predicted molar refractivity (Wildman–Crippen MR) is 301 cm³/mol. The number of aliphatic hydroxyl groups excluding tert-OH is 3. The summed E-state index contributed by atoms with van der Waals surface area (Å²) in [5.41, 5.74) is 7.04. The molecule has 449 valence electrons. The first-order chi connectivity index (χ1) is 38.2. The summed E-state index contributed by atoms with van der Waals surface area (Å²) in [4.78, 5) is 80.6. The number of methoxy groups -OCH3 is 7. The van der Waals surface area contributed by atoms with Gasteiger partial charge >= 0.3 is 12.2 Å². The number of allylic oxidation sites excluding steroid dienone is 9. The number of Topliss-reactive ketones (excluding diaryl/α,β-unsaturated/α-hetero) is 2. The van der Waals surface area contributed by atoms with Gasteiger partial charge in [0.2, 0.25) is 23.2 Å². The van der Waals surface area contributed by atoms with Crippen LogP contribution in [0.2, 0.25) is 0 Å². The number of fused-ring (bicyclic) bond motifs is 4. The van der Waals surface area contributed by atoms with Crippen molar-refractivity contribution < 1.29 is 122 Å². The van der Waals surface area contributed by atoms with E-state index in [2.05, 4.69) is 10.3 Å². The van der Waals surface area contributed by atoms with Gasteiger partial charge < -0.3 is 69.0 Å². The van der Waals surface area contributed by atoms with E-state index in [1.54, 1.807) is 78.4 Å². The first-order valence-corrected chi connectivity index (χ1v) is 26.2. The van der Waals surface area contributed by atoms with Crippen molar-refractivity contribution in [3.63, 3.8) is 0 Å². The number of ether oxygens (including phenoxy) is 9. The summed E-state index contributed by atoms with van der Waals surface area (Å²) in [7, 11) is 10.3. The Morgan fingerprint density at radius 2 is 1.27 bits per heavy atom. The molecule has 1 radical (unpaired) electrons. The molecule has 0 unspecified atom stereocenters. The molecule has 82 heavy (non-hydrogen) atoms. The van der Waals surface area contributed by atoms with Crippen molar-refractivity contribution in [2.24, 2.45) is 34.4 Å². The predicted octanol–water partition coefficient (Wildman–Crippen LogP) is 6.38. The number of hydrogen-bond donors (Lipinski definition) is 6. The fourth-order valence-electron chi connectivity index (χ4n) is 9.94. The third-order valence-corrected chi connectivity index (χ3v) is 14.2. The zero-order valence-corrected chi connectivity index (χ0v) is 53.2. The minimum Gasteiger partial charge on any atom is -0.493 e. The Kier molecular flexibility index (Phi) is 30.7. The van der Waals surface area contributed by atoms with Crippen LogP contribution in [0.4, 0.5) is 4.79 Å². The number of ketones is 4. The number of aliphatic hydroxyl groups is 3. The third-order valence-electron chi connectivity index (χ3n) is 14.2. The van der Waals surface area contributed by atoms with Crippen LogP contribution >= 0.6 is 0 Å². The van der Waals surface area contributed by atoms with E-state index in [9.17, 15) is 44.1 Å². The van der Waals surface area contributed by atoms with Crippen LogP contribution in [0.15, 0.2) is 122 Å². The van der Waals surface area contributed by atoms with Crippen LogP contribution in [0.3, 0.4) is 0 Å². The smallest absolute Gasteiger partial charge is 0.405 e. The van der Waals surface area contributed by atoms with Crippen molar-refractivity contribution in [2.75, 3.05) is 49.8 Å². The van der Waals surface area contributed by atoms with Crippen molar-refractivity contribution in [3.8, 4) is 0 Å². The Morgan fingerprint density at radius 3 is 1.78 bits per heavy atom. The van der Waals surface area contributed by atoms with Crippen molar-refractivity contribution in [2.45, 2.75) is 130 Å². The molecule has 2 aliphatic heterocycles. The van der Waals surface area contributed by atoms with Gasteiger partial charge in [-0.1, -0.05) is 76.3 Å². The minimum atomic E-state index is -1.00. The third kappa shape index (κ3) is 20.3. The molecule has 0 saturated heterocycles. The zero-order chi connectivity index (χ0) is 61.0. The monoisotopic (exact) mass is 1270 g/mol. The van der Waals surface area contributed by atoms with Crippen molar-refractivity contribution in [1.82, 2.24) is 5.32 Å². The number of nitrogens with two attached hydrogens (primary N) is 1. The number of nitrogens with one attached hydrogen (secondary N) is 2. The molecule has 2 amide bonds. The van der Waals surface area contributed by atoms with E-state index in [4.69, 9.17) is 53.8 Å². The van der Waals surface area contributed by atoms with Crippen molar-refractivity contribution >= 4 is 47.1 Å². The molecule has 4 rings (SSSR count). The van der Waals surface area contributed by atoms with Crippen molar-refractivity contribution in [3.05, 3.63) is 117 Å². The normalized spacial score (nSPS) is 32.9. The van der Waals surface area contributed by atoms with Gasteiger partial charge in [-0.25, -0.2) is 15.2 Å². The molecule has 7 N–H and O–H groups in total. The second-order valence-electron chi connectivity index (χ2n) is 20.3. The maximum Gasteiger partial charge on any atom is 0.405 e. The number of aliphatic imine (C=N–C) groups is 1. The number of primary amides is 1. The van der Waals surface area contributed by atoms with Crippen LogP contribution in [0.25, 0.3) is 0 Å². The van der Waals surface area contributed by atoms with Gasteiger partial charge in [0.25, 0.3) is 5.91 Å². The molecule has 13 atom stereocenters. The van der Waals surface area contributed by atoms with Crippen LogP contribution in [0.5, 0.6) is 0 Å². The van der Waals surface area contributed by atoms with Gasteiger partial charge in [0.1, 0.15) is 17.9 Å². The standard InChI is InChI=1S/C30H42N2O9.C29H40N2O9.La/c1-16-10-9-11-23(37-5)28(41-30(31)36)18(3)12-17(2)27(40-8)24(38-6)13-19(4)26(39-7)21-14-20(33)15-22(25(21)34)32-29(16)35;1-15-11-19-25(34)20(14-21(32)27(19)39-7)31-28(35)16(2)9-8-10-22(37-5)26(40-29(30)36)18(4)13-17(3)24(33)23(12-15)38-6;/h9-12,14-15,17,19,23-24,26-28H,13H2,1-8H3,(H2,31,36)(H,32,35);8-10,13-15,17,22-24,26,33H,11-12H2,1-7H3,(H2,30,36)(H,31,35);/b11-9-,16-10+,18-12+;10-8-,16-9+,18-13+;/t17-,19-,23-,24-,26+,27+,28-;15-,17+,22+,23+,24-,26+;/m01./s1. The fraction of sp³-hybridized carbons (Fsp3) is 0.525. The molecule has 0 aromatic carbocycles. The number of nitrogens with zero attached hydrogens (tertiary/aromatic N) is 1. The summed E-state index contributed by atoms with van der Waals surface area (Å²) in [6.07, 6.45) is 8.81. The van der Waals surface area contributed by atoms with Gasteiger partial charge in [-0.2, -0.15) is 0 Å². The van der Waals surface area contributed by atoms with E-state index in [1.165, 1.54) is 54.6 Å². The number of carbonyl (C=O) groups is 6. The van der Waals surface area contributed by atoms with Crippen LogP contribution in [0, 0.1) is 64.7 Å². The van der Waals surface area contributed by atoms with Gasteiger partial charge in [-0.3, -0.25) is 24.0 Å². The van der Waals surface area contributed by atoms with Gasteiger partial charge in [0.15, 0.2) is 23.8 Å². The average molecular weight is 1270 g/mol. The van der Waals surface area contributed by atoms with E-state index in [0.717, 1.165) is 12.2 Å². The van der Waals surface area contributed by atoms with Gasteiger partial charge in [0.05, 0.1) is 43.3 Å². The molecule has 22 nitrogen and oxygen atoms in total. The maximum atomic E-state index is 13.4. The van der Waals surface area contributed by atoms with E-state index in [0.29, 0.717) is 29.6 Å². The molecule has 2 aliphatic carbocycles. The number of amides is 2. The second kappa shape index (κ2) is 34.8. The quantitative estimate of drug-likeness (QED) is 0.0631. The summed E-state index contributed by atoms with van der Waals surface area (Å²) in [6, 6.07) is 0. The van der Waals surface area contributed by atoms with Crippen molar-refractivity contribution in [1.29, 1.82) is 5.41 Å². The molecule has 0 aromatic heterocycles. The average Bonchev–Trinajstić information content (AvgIpc) is 3.41. The summed E-state index contributed by atoms with van der Waals surface area (Å²) < 4.78 is 50.2. The molecule has 0 spiro atoms. The van der Waals surface area contributed by atoms with Gasteiger partial charge in [-0.05, 0) is 76.0 Å². The first kappa shape index (κ1) is 72.4. The Bertz CT molecular complexity index is 2680. The van der Waals surface area contributed by atoms with E-state index < -0.39 is 108 Å². The number of hydrogen-bond acceptors (Lipinski definition) is 18. The van der Waals surface area contributed by atoms with E-state index in [-0.39, 0.29) is 93.6 Å². The van der Waals surface area contributed by atoms with E-state index >= 15 is 0 Å². The Morgan fingerprint density at radius 1 is 0.707 bits per heavy atom. The van der Waals surface area contributed by atoms with Crippen LogP contribution in [0.1, 0.15) is 74.7 Å². The number of rotatable bonds is 9. The molecule has 2 heterocycles. The first-order valence-electron chi connectivity index (χ1n) is 26.2. The Hall–Kier alpha value is -5.73. The Labute approximate surface area is 508 Å². The van der Waals surface area contributed by atoms with Gasteiger partial charge in [-0.15, -0.1) is 0 Å². The van der Waals surface area contributed by atoms with Crippen LogP contribution in [-0.4, -0.2) is 167 Å². The second-order valence-corrected chi connectivity index (χ2v) is 20.3. The summed E-state index contributed by atoms with van der Waals surface area (Å²) >= 11 is 0. The summed E-state index contributed by atoms with van der Waals surface area (Å²) in [6.45, 7) is 14.1. The molecule has 4 bridgehead atoms. The fourth-order valence-corrected chi connectivity index (χ4v) is 9.94. The molecule has 4 aliphatic rings. The molecule has 23 heteroatoms. The molecular formula is C59H82LaN4O18. The van der Waals surface area contributed by atoms with E-state index in [1.807, 2.05) is 26.8 Å². The topological polar surface area (TPSA) is 320 Å². The molecule has 0 aromatic rings. The SMILES string of the molecule is COC1=C2C[C@@H](C)C[C@H](OC)[C@H](O)[C@@H](C)/C=C(\C)[C@H](OC(N)=O)[C@@H](OC)/C=C\C=C(/C)C(=O)NC(=CC1=O)C2=O.CO[C@H]1[C@@H](OC)C[C@H](C)[C@@H](OC)C2=CC(=O)C=C(N=C(O)/C(C)=C/C=C\[C@H](OC)[C@@H](OC(=N)O)/C(C)=C/[C@@H]1C)C2=O.[La]. The largest absolute Gasteiger partial charge is 0.493 e. The zero-order valence-electron chi connectivity index (χ0n) is 49.5.